The standard InChI is InChI=1S/C17H22N4O/c1-11-7-6-8-13(12(11)2)19-15(22)14-9-10-18-16(20-14)21-17(3,4)5/h6-10H,1-5H3,(H,19,22)(H,18,20,21). The molecule has 0 saturated carbocycles. The normalized spacial score (nSPS) is 11.1. The second kappa shape index (κ2) is 6.13. The molecule has 0 bridgehead atoms. The highest BCUT2D eigenvalue weighted by Crippen LogP contribution is 2.19. The molecule has 2 rings (SSSR count). The van der Waals surface area contributed by atoms with Crippen LogP contribution in [0.15, 0.2) is 30.5 Å². The van der Waals surface area contributed by atoms with Crippen LogP contribution in [-0.2, 0) is 0 Å². The summed E-state index contributed by atoms with van der Waals surface area (Å²) >= 11 is 0. The summed E-state index contributed by atoms with van der Waals surface area (Å²) in [5.74, 6) is 0.203. The molecular formula is C17H22N4O. The number of hydrogen-bond donors (Lipinski definition) is 2. The molecule has 2 aromatic rings. The van der Waals surface area contributed by atoms with Crippen molar-refractivity contribution in [2.45, 2.75) is 40.2 Å². The van der Waals surface area contributed by atoms with Crippen LogP contribution in [0, 0.1) is 13.8 Å². The van der Waals surface area contributed by atoms with E-state index in [0.717, 1.165) is 16.8 Å². The maximum atomic E-state index is 12.4. The van der Waals surface area contributed by atoms with Gasteiger partial charge in [0.05, 0.1) is 0 Å². The Balaban J connectivity index is 2.19. The van der Waals surface area contributed by atoms with Gasteiger partial charge in [-0.05, 0) is 57.9 Å². The fraction of sp³-hybridized carbons (Fsp3) is 0.353. The number of anilines is 2. The lowest BCUT2D eigenvalue weighted by Gasteiger charge is -2.20. The lowest BCUT2D eigenvalue weighted by molar-refractivity contribution is 0.102. The first-order chi connectivity index (χ1) is 10.3. The van der Waals surface area contributed by atoms with Crippen molar-refractivity contribution in [3.05, 3.63) is 47.3 Å². The third-order valence-electron chi connectivity index (χ3n) is 3.23. The number of carbonyl (C=O) groups is 1. The molecule has 0 aliphatic heterocycles. The highest BCUT2D eigenvalue weighted by molar-refractivity contribution is 6.03. The van der Waals surface area contributed by atoms with Crippen molar-refractivity contribution in [2.24, 2.45) is 0 Å². The average Bonchev–Trinajstić information content (AvgIpc) is 2.42. The molecule has 2 N–H and O–H groups in total. The van der Waals surface area contributed by atoms with E-state index in [-0.39, 0.29) is 11.4 Å². The molecule has 5 nitrogen and oxygen atoms in total. The highest BCUT2D eigenvalue weighted by Gasteiger charge is 2.14. The van der Waals surface area contributed by atoms with E-state index in [1.54, 1.807) is 12.3 Å². The van der Waals surface area contributed by atoms with E-state index in [0.29, 0.717) is 11.6 Å². The number of carbonyl (C=O) groups excluding carboxylic acids is 1. The van der Waals surface area contributed by atoms with Crippen molar-refractivity contribution in [3.63, 3.8) is 0 Å². The lowest BCUT2D eigenvalue weighted by Crippen LogP contribution is -2.28. The van der Waals surface area contributed by atoms with Gasteiger partial charge in [0.2, 0.25) is 5.95 Å². The van der Waals surface area contributed by atoms with E-state index >= 15 is 0 Å². The fourth-order valence-corrected chi connectivity index (χ4v) is 1.95. The van der Waals surface area contributed by atoms with Gasteiger partial charge >= 0.3 is 0 Å². The van der Waals surface area contributed by atoms with Crippen LogP contribution in [0.1, 0.15) is 42.4 Å². The Labute approximate surface area is 131 Å². The van der Waals surface area contributed by atoms with Gasteiger partial charge < -0.3 is 10.6 Å². The van der Waals surface area contributed by atoms with Crippen LogP contribution in [0.4, 0.5) is 11.6 Å². The largest absolute Gasteiger partial charge is 0.350 e. The van der Waals surface area contributed by atoms with Crippen LogP contribution in [0.3, 0.4) is 0 Å². The minimum absolute atomic E-state index is 0.164. The van der Waals surface area contributed by atoms with Crippen LogP contribution in [0.2, 0.25) is 0 Å². The summed E-state index contributed by atoms with van der Waals surface area (Å²) in [5.41, 5.74) is 3.16. The van der Waals surface area contributed by atoms with E-state index in [1.165, 1.54) is 0 Å². The number of nitrogens with zero attached hydrogens (tertiary/aromatic N) is 2. The maximum Gasteiger partial charge on any atom is 0.274 e. The van der Waals surface area contributed by atoms with Crippen molar-refractivity contribution in [3.8, 4) is 0 Å². The molecule has 0 aliphatic rings. The van der Waals surface area contributed by atoms with Crippen LogP contribution in [0.5, 0.6) is 0 Å². The molecule has 5 heteroatoms. The highest BCUT2D eigenvalue weighted by atomic mass is 16.1. The Bertz CT molecular complexity index is 689. The van der Waals surface area contributed by atoms with E-state index in [2.05, 4.69) is 20.6 Å². The molecule has 0 unspecified atom stereocenters. The summed E-state index contributed by atoms with van der Waals surface area (Å²) in [6, 6.07) is 7.43. The van der Waals surface area contributed by atoms with Gasteiger partial charge in [-0.15, -0.1) is 0 Å². The Hall–Kier alpha value is -2.43. The molecule has 116 valence electrons. The van der Waals surface area contributed by atoms with Crippen molar-refractivity contribution in [1.29, 1.82) is 0 Å². The molecule has 0 saturated heterocycles. The average molecular weight is 298 g/mol. The minimum Gasteiger partial charge on any atom is -0.350 e. The second-order valence-corrected chi connectivity index (χ2v) is 6.34. The van der Waals surface area contributed by atoms with Gasteiger partial charge in [-0.2, -0.15) is 0 Å². The molecule has 0 radical (unpaired) electrons. The molecule has 1 heterocycles. The molecule has 1 aromatic heterocycles. The van der Waals surface area contributed by atoms with Gasteiger partial charge in [-0.1, -0.05) is 12.1 Å². The first-order valence-corrected chi connectivity index (χ1v) is 7.25. The summed E-state index contributed by atoms with van der Waals surface area (Å²) in [6.45, 7) is 10.0. The number of nitrogens with one attached hydrogen (secondary N) is 2. The first-order valence-electron chi connectivity index (χ1n) is 7.25. The number of aryl methyl sites for hydroxylation is 1. The zero-order valence-electron chi connectivity index (χ0n) is 13.7. The summed E-state index contributed by atoms with van der Waals surface area (Å²) in [6.07, 6.45) is 1.58. The van der Waals surface area contributed by atoms with Crippen LogP contribution >= 0.6 is 0 Å². The molecular weight excluding hydrogens is 276 g/mol. The SMILES string of the molecule is Cc1cccc(NC(=O)c2ccnc(NC(C)(C)C)n2)c1C. The van der Waals surface area contributed by atoms with E-state index < -0.39 is 0 Å². The fourth-order valence-electron chi connectivity index (χ4n) is 1.95. The second-order valence-electron chi connectivity index (χ2n) is 6.34. The van der Waals surface area contributed by atoms with Crippen LogP contribution in [-0.4, -0.2) is 21.4 Å². The molecule has 22 heavy (non-hydrogen) atoms. The Morgan fingerprint density at radius 2 is 1.86 bits per heavy atom. The van der Waals surface area contributed by atoms with Crippen molar-refractivity contribution >= 4 is 17.5 Å². The van der Waals surface area contributed by atoms with Crippen molar-refractivity contribution < 1.29 is 4.79 Å². The molecule has 1 amide bonds. The summed E-state index contributed by atoms with van der Waals surface area (Å²) in [4.78, 5) is 20.8. The number of benzene rings is 1. The van der Waals surface area contributed by atoms with Crippen LogP contribution < -0.4 is 10.6 Å². The van der Waals surface area contributed by atoms with E-state index in [1.807, 2.05) is 52.8 Å². The molecule has 0 fully saturated rings. The molecule has 0 atom stereocenters. The topological polar surface area (TPSA) is 66.9 Å². The van der Waals surface area contributed by atoms with Crippen molar-refractivity contribution in [2.75, 3.05) is 10.6 Å². The summed E-state index contributed by atoms with van der Waals surface area (Å²) < 4.78 is 0. The van der Waals surface area contributed by atoms with Crippen LogP contribution in [0.25, 0.3) is 0 Å². The minimum atomic E-state index is -0.243. The Morgan fingerprint density at radius 1 is 1.14 bits per heavy atom. The van der Waals surface area contributed by atoms with Gasteiger partial charge in [0, 0.05) is 17.4 Å². The number of hydrogen-bond acceptors (Lipinski definition) is 4. The molecule has 0 aliphatic carbocycles. The predicted molar refractivity (Wildman–Crippen MR) is 89.3 cm³/mol. The van der Waals surface area contributed by atoms with E-state index in [9.17, 15) is 4.79 Å². The third-order valence-corrected chi connectivity index (χ3v) is 3.23. The van der Waals surface area contributed by atoms with E-state index in [4.69, 9.17) is 0 Å². The zero-order chi connectivity index (χ0) is 16.3. The smallest absolute Gasteiger partial charge is 0.274 e. The first kappa shape index (κ1) is 15.9. The number of amides is 1. The lowest BCUT2D eigenvalue weighted by atomic mass is 10.1. The Morgan fingerprint density at radius 3 is 2.55 bits per heavy atom. The van der Waals surface area contributed by atoms with Gasteiger partial charge in [-0.25, -0.2) is 9.97 Å². The maximum absolute atomic E-state index is 12.4. The molecule has 0 spiro atoms. The van der Waals surface area contributed by atoms with Gasteiger partial charge in [0.25, 0.3) is 5.91 Å². The predicted octanol–water partition coefficient (Wildman–Crippen LogP) is 3.56. The monoisotopic (exact) mass is 298 g/mol. The number of rotatable bonds is 3. The van der Waals surface area contributed by atoms with Gasteiger partial charge in [0.15, 0.2) is 0 Å². The third kappa shape index (κ3) is 4.04. The van der Waals surface area contributed by atoms with Gasteiger partial charge in [-0.3, -0.25) is 4.79 Å². The number of aromatic nitrogens is 2. The quantitative estimate of drug-likeness (QED) is 0.909. The molecule has 1 aromatic carbocycles. The Kier molecular flexibility index (Phi) is 4.45. The zero-order valence-corrected chi connectivity index (χ0v) is 13.7. The summed E-state index contributed by atoms with van der Waals surface area (Å²) in [5, 5.41) is 6.06. The summed E-state index contributed by atoms with van der Waals surface area (Å²) in [7, 11) is 0. The van der Waals surface area contributed by atoms with Gasteiger partial charge in [0.1, 0.15) is 5.69 Å². The van der Waals surface area contributed by atoms with Crippen molar-refractivity contribution in [1.82, 2.24) is 9.97 Å².